The zero-order valence-electron chi connectivity index (χ0n) is 13.7. The lowest BCUT2D eigenvalue weighted by molar-refractivity contribution is 0.413. The van der Waals surface area contributed by atoms with Crippen LogP contribution in [0.2, 0.25) is 0 Å². The number of fused-ring (bicyclic) bond motifs is 1. The summed E-state index contributed by atoms with van der Waals surface area (Å²) in [5, 5.41) is 3.33. The van der Waals surface area contributed by atoms with Crippen LogP contribution in [-0.2, 0) is 19.5 Å². The van der Waals surface area contributed by atoms with E-state index in [-0.39, 0.29) is 0 Å². The van der Waals surface area contributed by atoms with Gasteiger partial charge in [0, 0.05) is 26.2 Å². The fourth-order valence-corrected chi connectivity index (χ4v) is 3.11. The van der Waals surface area contributed by atoms with Crippen molar-refractivity contribution < 1.29 is 4.74 Å². The molecular formula is C20H24N2O. The Kier molecular flexibility index (Phi) is 4.99. The zero-order valence-corrected chi connectivity index (χ0v) is 13.7. The Bertz CT molecular complexity index is 681. The lowest BCUT2D eigenvalue weighted by Gasteiger charge is -2.32. The highest BCUT2D eigenvalue weighted by Gasteiger charge is 2.19. The molecule has 3 heteroatoms. The van der Waals surface area contributed by atoms with Crippen LogP contribution in [0.1, 0.15) is 16.7 Å². The Morgan fingerprint density at radius 2 is 2.04 bits per heavy atom. The summed E-state index contributed by atoms with van der Waals surface area (Å²) in [6, 6.07) is 15.2. The lowest BCUT2D eigenvalue weighted by atomic mass is 9.99. The zero-order chi connectivity index (χ0) is 16.1. The quantitative estimate of drug-likeness (QED) is 0.652. The van der Waals surface area contributed by atoms with Crippen LogP contribution in [0.4, 0.5) is 5.69 Å². The molecule has 1 heterocycles. The second-order valence-corrected chi connectivity index (χ2v) is 5.87. The van der Waals surface area contributed by atoms with E-state index >= 15 is 0 Å². The minimum absolute atomic E-state index is 0.812. The van der Waals surface area contributed by atoms with Crippen molar-refractivity contribution in [2.24, 2.45) is 0 Å². The maximum atomic E-state index is 5.64. The molecule has 0 aliphatic carbocycles. The normalized spacial score (nSPS) is 13.5. The molecule has 0 aromatic heterocycles. The van der Waals surface area contributed by atoms with Gasteiger partial charge >= 0.3 is 0 Å². The average molecular weight is 308 g/mol. The monoisotopic (exact) mass is 308 g/mol. The van der Waals surface area contributed by atoms with Crippen LogP contribution in [0.25, 0.3) is 0 Å². The molecule has 2 aromatic rings. The van der Waals surface area contributed by atoms with Crippen molar-refractivity contribution in [3.05, 3.63) is 71.8 Å². The molecule has 23 heavy (non-hydrogen) atoms. The first-order valence-electron chi connectivity index (χ1n) is 8.12. The topological polar surface area (TPSA) is 24.5 Å². The first kappa shape index (κ1) is 15.6. The summed E-state index contributed by atoms with van der Waals surface area (Å²) in [4.78, 5) is 2.40. The number of benzene rings is 2. The van der Waals surface area contributed by atoms with Crippen LogP contribution < -0.4 is 15.0 Å². The van der Waals surface area contributed by atoms with Crippen molar-refractivity contribution in [3.8, 4) is 5.75 Å². The molecule has 1 aliphatic heterocycles. The third kappa shape index (κ3) is 3.57. The Labute approximate surface area is 138 Å². The molecule has 0 atom stereocenters. The van der Waals surface area contributed by atoms with Crippen molar-refractivity contribution in [2.45, 2.75) is 19.5 Å². The fraction of sp³-hybridized carbons (Fsp3) is 0.300. The highest BCUT2D eigenvalue weighted by Crippen LogP contribution is 2.33. The van der Waals surface area contributed by atoms with Crippen molar-refractivity contribution in [1.29, 1.82) is 0 Å². The van der Waals surface area contributed by atoms with Crippen molar-refractivity contribution in [2.75, 3.05) is 25.1 Å². The molecule has 0 saturated carbocycles. The molecule has 3 nitrogen and oxygen atoms in total. The van der Waals surface area contributed by atoms with Gasteiger partial charge in [-0.3, -0.25) is 0 Å². The van der Waals surface area contributed by atoms with Gasteiger partial charge in [-0.15, -0.1) is 6.58 Å². The minimum Gasteiger partial charge on any atom is -0.495 e. The van der Waals surface area contributed by atoms with E-state index in [9.17, 15) is 0 Å². The van der Waals surface area contributed by atoms with Gasteiger partial charge in [0.25, 0.3) is 0 Å². The Balaban J connectivity index is 1.78. The third-order valence-electron chi connectivity index (χ3n) is 4.33. The molecular weight excluding hydrogens is 284 g/mol. The van der Waals surface area contributed by atoms with Gasteiger partial charge in [-0.2, -0.15) is 0 Å². The molecule has 0 fully saturated rings. The highest BCUT2D eigenvalue weighted by atomic mass is 16.5. The molecule has 120 valence electrons. The van der Waals surface area contributed by atoms with E-state index in [1.165, 1.54) is 22.4 Å². The maximum absolute atomic E-state index is 5.64. The molecule has 0 radical (unpaired) electrons. The lowest BCUT2D eigenvalue weighted by Crippen LogP contribution is -2.30. The first-order chi connectivity index (χ1) is 11.3. The predicted molar refractivity (Wildman–Crippen MR) is 96.1 cm³/mol. The van der Waals surface area contributed by atoms with Crippen LogP contribution in [0, 0.1) is 0 Å². The van der Waals surface area contributed by atoms with Gasteiger partial charge in [-0.25, -0.2) is 0 Å². The summed E-state index contributed by atoms with van der Waals surface area (Å²) < 4.78 is 5.64. The maximum Gasteiger partial charge on any atom is 0.142 e. The predicted octanol–water partition coefficient (Wildman–Crippen LogP) is 3.53. The average Bonchev–Trinajstić information content (AvgIpc) is 2.61. The minimum atomic E-state index is 0.812. The van der Waals surface area contributed by atoms with Gasteiger partial charge in [-0.1, -0.05) is 36.4 Å². The molecule has 0 bridgehead atoms. The van der Waals surface area contributed by atoms with E-state index in [0.29, 0.717) is 0 Å². The van der Waals surface area contributed by atoms with Gasteiger partial charge in [0.05, 0.1) is 12.8 Å². The Hall–Kier alpha value is -2.26. The first-order valence-corrected chi connectivity index (χ1v) is 8.12. The number of methoxy groups -OCH3 is 1. The van der Waals surface area contributed by atoms with Crippen molar-refractivity contribution in [1.82, 2.24) is 5.32 Å². The second kappa shape index (κ2) is 7.34. The largest absolute Gasteiger partial charge is 0.495 e. The number of hydrogen-bond acceptors (Lipinski definition) is 3. The van der Waals surface area contributed by atoms with Crippen molar-refractivity contribution >= 4 is 5.69 Å². The van der Waals surface area contributed by atoms with E-state index in [1.807, 2.05) is 6.08 Å². The van der Waals surface area contributed by atoms with E-state index in [1.54, 1.807) is 7.11 Å². The molecule has 0 spiro atoms. The molecule has 0 saturated heterocycles. The van der Waals surface area contributed by atoms with Crippen LogP contribution in [-0.4, -0.2) is 20.2 Å². The van der Waals surface area contributed by atoms with Gasteiger partial charge in [0.15, 0.2) is 0 Å². The van der Waals surface area contributed by atoms with E-state index in [4.69, 9.17) is 4.74 Å². The Morgan fingerprint density at radius 1 is 1.22 bits per heavy atom. The van der Waals surface area contributed by atoms with Crippen LogP contribution in [0.5, 0.6) is 5.75 Å². The number of anilines is 1. The van der Waals surface area contributed by atoms with E-state index in [2.05, 4.69) is 59.3 Å². The van der Waals surface area contributed by atoms with Crippen LogP contribution in [0.15, 0.2) is 55.1 Å². The summed E-state index contributed by atoms with van der Waals surface area (Å²) >= 11 is 0. The third-order valence-corrected chi connectivity index (χ3v) is 4.33. The number of nitrogens with zero attached hydrogens (tertiary/aromatic N) is 1. The molecule has 0 unspecified atom stereocenters. The molecule has 3 rings (SSSR count). The summed E-state index contributed by atoms with van der Waals surface area (Å²) in [5.74, 6) is 0.947. The van der Waals surface area contributed by atoms with E-state index in [0.717, 1.165) is 38.3 Å². The number of hydrogen-bond donors (Lipinski definition) is 1. The van der Waals surface area contributed by atoms with Gasteiger partial charge in [0.2, 0.25) is 0 Å². The highest BCUT2D eigenvalue weighted by molar-refractivity contribution is 5.61. The Morgan fingerprint density at radius 3 is 2.83 bits per heavy atom. The fourth-order valence-electron chi connectivity index (χ4n) is 3.11. The van der Waals surface area contributed by atoms with Gasteiger partial charge in [-0.05, 0) is 35.2 Å². The number of ether oxygens (including phenoxy) is 1. The van der Waals surface area contributed by atoms with Crippen molar-refractivity contribution in [3.63, 3.8) is 0 Å². The standard InChI is InChI=1S/C20H24N2O/c1-3-11-21-14-16-8-9-19(20(13-16)23-2)22-12-10-17-6-4-5-7-18(17)15-22/h3-9,13,21H,1,10-12,14-15H2,2H3. The summed E-state index contributed by atoms with van der Waals surface area (Å²) in [6.07, 6.45) is 2.96. The molecule has 1 N–H and O–H groups in total. The smallest absolute Gasteiger partial charge is 0.142 e. The number of rotatable bonds is 6. The molecule has 0 amide bonds. The SMILES string of the molecule is C=CCNCc1ccc(N2CCc3ccccc3C2)c(OC)c1. The summed E-state index contributed by atoms with van der Waals surface area (Å²) in [5.41, 5.74) is 5.28. The molecule has 2 aromatic carbocycles. The van der Waals surface area contributed by atoms with E-state index < -0.39 is 0 Å². The number of nitrogens with one attached hydrogen (secondary N) is 1. The summed E-state index contributed by atoms with van der Waals surface area (Å²) in [7, 11) is 1.75. The molecule has 1 aliphatic rings. The van der Waals surface area contributed by atoms with Crippen LogP contribution >= 0.6 is 0 Å². The van der Waals surface area contributed by atoms with Gasteiger partial charge < -0.3 is 15.0 Å². The second-order valence-electron chi connectivity index (χ2n) is 5.87. The summed E-state index contributed by atoms with van der Waals surface area (Å²) in [6.45, 7) is 7.34. The van der Waals surface area contributed by atoms with Gasteiger partial charge in [0.1, 0.15) is 5.75 Å². The van der Waals surface area contributed by atoms with Crippen LogP contribution in [0.3, 0.4) is 0 Å².